The Morgan fingerprint density at radius 3 is 2.60 bits per heavy atom. The van der Waals surface area contributed by atoms with Crippen molar-refractivity contribution in [1.82, 2.24) is 9.55 Å². The molecule has 20 heavy (non-hydrogen) atoms. The quantitative estimate of drug-likeness (QED) is 0.774. The minimum atomic E-state index is -0.262. The predicted octanol–water partition coefficient (Wildman–Crippen LogP) is 4.02. The summed E-state index contributed by atoms with van der Waals surface area (Å²) in [6, 6.07) is 11.8. The molecule has 3 aromatic rings. The zero-order chi connectivity index (χ0) is 14.3. The number of imidazole rings is 1. The Labute approximate surface area is 120 Å². The Morgan fingerprint density at radius 2 is 1.90 bits per heavy atom. The number of para-hydroxylation sites is 1. The summed E-state index contributed by atoms with van der Waals surface area (Å²) in [7, 11) is 0. The lowest BCUT2D eigenvalue weighted by atomic mass is 10.1. The van der Waals surface area contributed by atoms with Crippen molar-refractivity contribution >= 4 is 28.6 Å². The molecule has 0 spiro atoms. The minimum absolute atomic E-state index is 0.0829. The average molecular weight is 290 g/mol. The molecule has 5 heteroatoms. The number of anilines is 1. The van der Waals surface area contributed by atoms with Crippen molar-refractivity contribution in [2.75, 3.05) is 5.73 Å². The van der Waals surface area contributed by atoms with Crippen LogP contribution in [0.15, 0.2) is 42.5 Å². The number of halogens is 2. The summed E-state index contributed by atoms with van der Waals surface area (Å²) in [4.78, 5) is 4.32. The number of nitrogen functional groups attached to an aromatic ring is 1. The summed E-state index contributed by atoms with van der Waals surface area (Å²) in [6.45, 7) is 1.98. The SMILES string of the molecule is CC(c1ccc(F)cc1)n1c(N)nc2cccc(Cl)c21. The number of fused-ring (bicyclic) bond motifs is 1. The fourth-order valence-corrected chi connectivity index (χ4v) is 2.67. The van der Waals surface area contributed by atoms with Gasteiger partial charge >= 0.3 is 0 Å². The molecule has 102 valence electrons. The third-order valence-electron chi connectivity index (χ3n) is 3.43. The molecule has 0 fully saturated rings. The van der Waals surface area contributed by atoms with Crippen LogP contribution in [-0.2, 0) is 0 Å². The zero-order valence-corrected chi connectivity index (χ0v) is 11.6. The third-order valence-corrected chi connectivity index (χ3v) is 3.73. The van der Waals surface area contributed by atoms with Gasteiger partial charge in [-0.1, -0.05) is 29.8 Å². The Hall–Kier alpha value is -2.07. The van der Waals surface area contributed by atoms with E-state index >= 15 is 0 Å². The Kier molecular flexibility index (Phi) is 3.10. The summed E-state index contributed by atoms with van der Waals surface area (Å²) in [5.41, 5.74) is 8.50. The van der Waals surface area contributed by atoms with Gasteiger partial charge in [0.2, 0.25) is 5.95 Å². The molecule has 2 aromatic carbocycles. The van der Waals surface area contributed by atoms with Crippen LogP contribution in [-0.4, -0.2) is 9.55 Å². The van der Waals surface area contributed by atoms with E-state index in [1.807, 2.05) is 23.6 Å². The second-order valence-electron chi connectivity index (χ2n) is 4.68. The number of benzene rings is 2. The van der Waals surface area contributed by atoms with Crippen LogP contribution in [0.1, 0.15) is 18.5 Å². The molecule has 0 aliphatic carbocycles. The summed E-state index contributed by atoms with van der Waals surface area (Å²) in [5, 5.41) is 0.598. The van der Waals surface area contributed by atoms with Crippen LogP contribution >= 0.6 is 11.6 Å². The zero-order valence-electron chi connectivity index (χ0n) is 10.8. The number of hydrogen-bond donors (Lipinski definition) is 1. The monoisotopic (exact) mass is 289 g/mol. The largest absolute Gasteiger partial charge is 0.369 e. The highest BCUT2D eigenvalue weighted by molar-refractivity contribution is 6.35. The van der Waals surface area contributed by atoms with Gasteiger partial charge in [-0.3, -0.25) is 0 Å². The summed E-state index contributed by atoms with van der Waals surface area (Å²) < 4.78 is 14.9. The van der Waals surface area contributed by atoms with Crippen LogP contribution < -0.4 is 5.73 Å². The van der Waals surface area contributed by atoms with Crippen molar-refractivity contribution in [1.29, 1.82) is 0 Å². The number of hydrogen-bond acceptors (Lipinski definition) is 2. The number of nitrogens with two attached hydrogens (primary N) is 1. The van der Waals surface area contributed by atoms with E-state index in [0.29, 0.717) is 11.0 Å². The standard InChI is InChI=1S/C15H13ClFN3/c1-9(10-5-7-11(17)8-6-10)20-14-12(16)3-2-4-13(14)19-15(20)18/h2-9H,1H3,(H2,18,19). The van der Waals surface area contributed by atoms with Gasteiger partial charge in [0.15, 0.2) is 0 Å². The Morgan fingerprint density at radius 1 is 1.20 bits per heavy atom. The maximum atomic E-state index is 13.0. The summed E-state index contributed by atoms with van der Waals surface area (Å²) >= 11 is 6.26. The van der Waals surface area contributed by atoms with E-state index < -0.39 is 0 Å². The van der Waals surface area contributed by atoms with Gasteiger partial charge in [0.05, 0.1) is 22.1 Å². The van der Waals surface area contributed by atoms with Gasteiger partial charge in [0.1, 0.15) is 5.82 Å². The first-order valence-electron chi connectivity index (χ1n) is 6.25. The van der Waals surface area contributed by atoms with Crippen molar-refractivity contribution in [3.05, 3.63) is 58.9 Å². The van der Waals surface area contributed by atoms with Crippen LogP contribution in [0.2, 0.25) is 5.02 Å². The third kappa shape index (κ3) is 2.02. The van der Waals surface area contributed by atoms with Crippen molar-refractivity contribution in [2.24, 2.45) is 0 Å². The number of nitrogens with zero attached hydrogens (tertiary/aromatic N) is 2. The number of aromatic nitrogens is 2. The van der Waals surface area contributed by atoms with Gasteiger partial charge < -0.3 is 10.3 Å². The van der Waals surface area contributed by atoms with Gasteiger partial charge in [-0.2, -0.15) is 0 Å². The molecule has 0 saturated carbocycles. The van der Waals surface area contributed by atoms with E-state index in [0.717, 1.165) is 16.6 Å². The maximum Gasteiger partial charge on any atom is 0.201 e. The second-order valence-corrected chi connectivity index (χ2v) is 5.08. The maximum absolute atomic E-state index is 13.0. The molecule has 0 aliphatic rings. The van der Waals surface area contributed by atoms with E-state index in [9.17, 15) is 4.39 Å². The second kappa shape index (κ2) is 4.80. The highest BCUT2D eigenvalue weighted by atomic mass is 35.5. The van der Waals surface area contributed by atoms with Gasteiger partial charge in [0, 0.05) is 0 Å². The first-order chi connectivity index (χ1) is 9.58. The van der Waals surface area contributed by atoms with Crippen LogP contribution in [0, 0.1) is 5.82 Å². The summed E-state index contributed by atoms with van der Waals surface area (Å²) in [6.07, 6.45) is 0. The van der Waals surface area contributed by atoms with Gasteiger partial charge in [-0.25, -0.2) is 9.37 Å². The molecule has 0 radical (unpaired) electrons. The molecule has 3 nitrogen and oxygen atoms in total. The minimum Gasteiger partial charge on any atom is -0.369 e. The topological polar surface area (TPSA) is 43.8 Å². The average Bonchev–Trinajstić information content (AvgIpc) is 2.76. The van der Waals surface area contributed by atoms with Crippen LogP contribution in [0.25, 0.3) is 11.0 Å². The van der Waals surface area contributed by atoms with Gasteiger partial charge in [-0.15, -0.1) is 0 Å². The van der Waals surface area contributed by atoms with Gasteiger partial charge in [-0.05, 0) is 36.8 Å². The first kappa shape index (κ1) is 12.9. The highest BCUT2D eigenvalue weighted by Gasteiger charge is 2.17. The van der Waals surface area contributed by atoms with Crippen molar-refractivity contribution in [2.45, 2.75) is 13.0 Å². The van der Waals surface area contributed by atoms with Gasteiger partial charge in [0.25, 0.3) is 0 Å². The Bertz CT molecular complexity index is 765. The molecule has 2 N–H and O–H groups in total. The molecule has 0 amide bonds. The molecular formula is C15H13ClFN3. The molecule has 0 aliphatic heterocycles. The van der Waals surface area contributed by atoms with E-state index in [1.54, 1.807) is 18.2 Å². The summed E-state index contributed by atoms with van der Waals surface area (Å²) in [5.74, 6) is 0.132. The lowest BCUT2D eigenvalue weighted by molar-refractivity contribution is 0.621. The van der Waals surface area contributed by atoms with E-state index in [2.05, 4.69) is 4.98 Å². The highest BCUT2D eigenvalue weighted by Crippen LogP contribution is 2.31. The molecule has 0 saturated heterocycles. The number of rotatable bonds is 2. The predicted molar refractivity (Wildman–Crippen MR) is 79.4 cm³/mol. The van der Waals surface area contributed by atoms with E-state index in [1.165, 1.54) is 12.1 Å². The van der Waals surface area contributed by atoms with Crippen molar-refractivity contribution in [3.63, 3.8) is 0 Å². The fourth-order valence-electron chi connectivity index (χ4n) is 2.41. The van der Waals surface area contributed by atoms with Crippen LogP contribution in [0.5, 0.6) is 0 Å². The smallest absolute Gasteiger partial charge is 0.201 e. The van der Waals surface area contributed by atoms with E-state index in [-0.39, 0.29) is 11.9 Å². The van der Waals surface area contributed by atoms with Crippen LogP contribution in [0.3, 0.4) is 0 Å². The molecule has 1 atom stereocenters. The molecule has 1 heterocycles. The molecular weight excluding hydrogens is 277 g/mol. The molecule has 0 bridgehead atoms. The lowest BCUT2D eigenvalue weighted by Gasteiger charge is -2.17. The normalized spacial score (nSPS) is 12.8. The van der Waals surface area contributed by atoms with Crippen molar-refractivity contribution in [3.8, 4) is 0 Å². The first-order valence-corrected chi connectivity index (χ1v) is 6.63. The molecule has 1 unspecified atom stereocenters. The molecule has 1 aromatic heterocycles. The van der Waals surface area contributed by atoms with Crippen LogP contribution in [0.4, 0.5) is 10.3 Å². The fraction of sp³-hybridized carbons (Fsp3) is 0.133. The van der Waals surface area contributed by atoms with E-state index in [4.69, 9.17) is 17.3 Å². The lowest BCUT2D eigenvalue weighted by Crippen LogP contribution is -2.10. The molecule has 3 rings (SSSR count). The van der Waals surface area contributed by atoms with Crippen molar-refractivity contribution < 1.29 is 4.39 Å². The Balaban J connectivity index is 2.18.